The molecule has 2 atom stereocenters. The molecule has 2 aliphatic rings. The molecule has 0 spiro atoms. The first kappa shape index (κ1) is 15.2. The third-order valence-corrected chi connectivity index (χ3v) is 5.04. The van der Waals surface area contributed by atoms with Gasteiger partial charge in [-0.05, 0) is 24.2 Å². The quantitative estimate of drug-likeness (QED) is 0.847. The third-order valence-electron chi connectivity index (χ3n) is 5.04. The highest BCUT2D eigenvalue weighted by Gasteiger charge is 2.37. The zero-order chi connectivity index (χ0) is 13.9. The van der Waals surface area contributed by atoms with E-state index >= 15 is 0 Å². The number of halogens is 1. The van der Waals surface area contributed by atoms with Crippen molar-refractivity contribution in [1.29, 1.82) is 0 Å². The van der Waals surface area contributed by atoms with E-state index in [9.17, 15) is 4.39 Å². The second-order valence-electron chi connectivity index (χ2n) is 7.48. The van der Waals surface area contributed by atoms with Crippen molar-refractivity contribution in [3.05, 3.63) is 0 Å². The number of nitrogens with zero attached hydrogens (tertiary/aromatic N) is 1. The zero-order valence-corrected chi connectivity index (χ0v) is 12.9. The standard InChI is InChI=1S/C16H31FN2/c1-16(2,3)15-11-18-14(12-19(15)10-9-17)13-7-5-4-6-8-13/h13-15,18H,4-12H2,1-3H3. The topological polar surface area (TPSA) is 15.3 Å². The molecule has 2 nitrogen and oxygen atoms in total. The Hall–Kier alpha value is -0.150. The van der Waals surface area contributed by atoms with E-state index in [4.69, 9.17) is 0 Å². The smallest absolute Gasteiger partial charge is 0.102 e. The van der Waals surface area contributed by atoms with Crippen molar-refractivity contribution in [1.82, 2.24) is 10.2 Å². The van der Waals surface area contributed by atoms with Crippen LogP contribution < -0.4 is 5.32 Å². The lowest BCUT2D eigenvalue weighted by molar-refractivity contribution is 0.0337. The molecule has 1 heterocycles. The molecule has 1 saturated heterocycles. The van der Waals surface area contributed by atoms with Gasteiger partial charge in [0.15, 0.2) is 0 Å². The van der Waals surface area contributed by atoms with Crippen molar-refractivity contribution in [3.8, 4) is 0 Å². The summed E-state index contributed by atoms with van der Waals surface area (Å²) < 4.78 is 12.8. The zero-order valence-electron chi connectivity index (χ0n) is 12.9. The summed E-state index contributed by atoms with van der Waals surface area (Å²) in [5.41, 5.74) is 0.222. The van der Waals surface area contributed by atoms with Crippen LogP contribution in [0.3, 0.4) is 0 Å². The van der Waals surface area contributed by atoms with Crippen molar-refractivity contribution < 1.29 is 4.39 Å². The molecule has 1 N–H and O–H groups in total. The summed E-state index contributed by atoms with van der Waals surface area (Å²) in [5.74, 6) is 0.816. The van der Waals surface area contributed by atoms with Crippen LogP contribution in [-0.4, -0.2) is 43.3 Å². The lowest BCUT2D eigenvalue weighted by Crippen LogP contribution is -2.62. The number of piperazine rings is 1. The van der Waals surface area contributed by atoms with Crippen LogP contribution in [0.2, 0.25) is 0 Å². The van der Waals surface area contributed by atoms with E-state index in [1.54, 1.807) is 0 Å². The molecular formula is C16H31FN2. The van der Waals surface area contributed by atoms with Gasteiger partial charge in [0.25, 0.3) is 0 Å². The fraction of sp³-hybridized carbons (Fsp3) is 1.00. The van der Waals surface area contributed by atoms with E-state index < -0.39 is 0 Å². The molecule has 112 valence electrons. The Morgan fingerprint density at radius 2 is 1.84 bits per heavy atom. The molecule has 0 aromatic carbocycles. The Morgan fingerprint density at radius 3 is 2.42 bits per heavy atom. The first-order valence-electron chi connectivity index (χ1n) is 8.06. The lowest BCUT2D eigenvalue weighted by Gasteiger charge is -2.48. The fourth-order valence-electron chi connectivity index (χ4n) is 3.90. The molecular weight excluding hydrogens is 239 g/mol. The number of hydrogen-bond donors (Lipinski definition) is 1. The van der Waals surface area contributed by atoms with Crippen LogP contribution >= 0.6 is 0 Å². The SMILES string of the molecule is CC(C)(C)C1CNC(C2CCCCC2)CN1CCF. The van der Waals surface area contributed by atoms with Crippen LogP contribution in [0.4, 0.5) is 4.39 Å². The Labute approximate surface area is 118 Å². The van der Waals surface area contributed by atoms with Crippen molar-refractivity contribution >= 4 is 0 Å². The van der Waals surface area contributed by atoms with Crippen molar-refractivity contribution in [2.45, 2.75) is 65.0 Å². The Bertz CT molecular complexity index is 268. The van der Waals surface area contributed by atoms with Crippen LogP contribution in [0.5, 0.6) is 0 Å². The molecule has 0 aromatic heterocycles. The first-order chi connectivity index (χ1) is 9.02. The predicted octanol–water partition coefficient (Wildman–Crippen LogP) is 3.22. The molecule has 2 unspecified atom stereocenters. The summed E-state index contributed by atoms with van der Waals surface area (Å²) in [7, 11) is 0. The Balaban J connectivity index is 1.97. The van der Waals surface area contributed by atoms with Gasteiger partial charge in [-0.25, -0.2) is 4.39 Å². The highest BCUT2D eigenvalue weighted by Crippen LogP contribution is 2.31. The van der Waals surface area contributed by atoms with Crippen LogP contribution in [0, 0.1) is 11.3 Å². The van der Waals surface area contributed by atoms with E-state index in [0.717, 1.165) is 19.0 Å². The summed E-state index contributed by atoms with van der Waals surface area (Å²) in [6.07, 6.45) is 6.90. The van der Waals surface area contributed by atoms with Gasteiger partial charge in [0.1, 0.15) is 6.67 Å². The molecule has 3 heteroatoms. The highest BCUT2D eigenvalue weighted by atomic mass is 19.1. The average molecular weight is 270 g/mol. The summed E-state index contributed by atoms with van der Waals surface area (Å²) >= 11 is 0. The molecule has 0 radical (unpaired) electrons. The number of nitrogens with one attached hydrogen (secondary N) is 1. The Kier molecular flexibility index (Phi) is 5.24. The van der Waals surface area contributed by atoms with Gasteiger partial charge in [0, 0.05) is 31.7 Å². The molecule has 0 aromatic rings. The second kappa shape index (κ2) is 6.53. The summed E-state index contributed by atoms with van der Waals surface area (Å²) in [5, 5.41) is 3.77. The maximum absolute atomic E-state index is 12.8. The van der Waals surface area contributed by atoms with E-state index in [0.29, 0.717) is 18.6 Å². The van der Waals surface area contributed by atoms with E-state index in [-0.39, 0.29) is 12.1 Å². The summed E-state index contributed by atoms with van der Waals surface area (Å²) in [6, 6.07) is 1.05. The molecule has 2 fully saturated rings. The van der Waals surface area contributed by atoms with Gasteiger partial charge >= 0.3 is 0 Å². The fourth-order valence-corrected chi connectivity index (χ4v) is 3.90. The molecule has 1 saturated carbocycles. The normalized spacial score (nSPS) is 31.6. The van der Waals surface area contributed by atoms with Gasteiger partial charge in [-0.1, -0.05) is 40.0 Å². The van der Waals surface area contributed by atoms with Crippen LogP contribution in [0.15, 0.2) is 0 Å². The molecule has 1 aliphatic carbocycles. The van der Waals surface area contributed by atoms with Gasteiger partial charge in [0.2, 0.25) is 0 Å². The molecule has 0 amide bonds. The molecule has 1 aliphatic heterocycles. The van der Waals surface area contributed by atoms with E-state index in [1.807, 2.05) is 0 Å². The summed E-state index contributed by atoms with van der Waals surface area (Å²) in [6.45, 7) is 9.25. The minimum absolute atomic E-state index is 0.218. The highest BCUT2D eigenvalue weighted by molar-refractivity contribution is 4.94. The van der Waals surface area contributed by atoms with Crippen molar-refractivity contribution in [2.24, 2.45) is 11.3 Å². The van der Waals surface area contributed by atoms with Gasteiger partial charge in [-0.15, -0.1) is 0 Å². The van der Waals surface area contributed by atoms with E-state index in [1.165, 1.54) is 32.1 Å². The maximum Gasteiger partial charge on any atom is 0.102 e. The minimum Gasteiger partial charge on any atom is -0.311 e. The second-order valence-corrected chi connectivity index (χ2v) is 7.48. The minimum atomic E-state index is -0.218. The summed E-state index contributed by atoms with van der Waals surface area (Å²) in [4.78, 5) is 2.40. The van der Waals surface area contributed by atoms with E-state index in [2.05, 4.69) is 31.0 Å². The number of hydrogen-bond acceptors (Lipinski definition) is 2. The van der Waals surface area contributed by atoms with Crippen LogP contribution in [0.1, 0.15) is 52.9 Å². The van der Waals surface area contributed by atoms with Gasteiger partial charge in [-0.2, -0.15) is 0 Å². The Morgan fingerprint density at radius 1 is 1.16 bits per heavy atom. The first-order valence-corrected chi connectivity index (χ1v) is 8.06. The van der Waals surface area contributed by atoms with Crippen LogP contribution in [0.25, 0.3) is 0 Å². The van der Waals surface area contributed by atoms with Gasteiger partial charge < -0.3 is 5.32 Å². The van der Waals surface area contributed by atoms with Crippen LogP contribution in [-0.2, 0) is 0 Å². The number of alkyl halides is 1. The molecule has 2 rings (SSSR count). The largest absolute Gasteiger partial charge is 0.311 e. The van der Waals surface area contributed by atoms with Crippen molar-refractivity contribution in [3.63, 3.8) is 0 Å². The average Bonchev–Trinajstić information content (AvgIpc) is 2.39. The number of rotatable bonds is 3. The lowest BCUT2D eigenvalue weighted by atomic mass is 9.79. The maximum atomic E-state index is 12.8. The molecule has 0 bridgehead atoms. The monoisotopic (exact) mass is 270 g/mol. The third kappa shape index (κ3) is 3.91. The van der Waals surface area contributed by atoms with Gasteiger partial charge in [-0.3, -0.25) is 4.90 Å². The predicted molar refractivity (Wildman–Crippen MR) is 79.2 cm³/mol. The van der Waals surface area contributed by atoms with Crippen molar-refractivity contribution in [2.75, 3.05) is 26.3 Å². The van der Waals surface area contributed by atoms with Gasteiger partial charge in [0.05, 0.1) is 0 Å². The molecule has 19 heavy (non-hydrogen) atoms.